The van der Waals surface area contributed by atoms with Crippen molar-refractivity contribution in [3.8, 4) is 11.5 Å². The molecule has 2 N–H and O–H groups in total. The van der Waals surface area contributed by atoms with Crippen molar-refractivity contribution in [2.24, 2.45) is 0 Å². The molecular formula is C14H10Br2O4. The smallest absolute Gasteiger partial charge is 0.335 e. The number of ether oxygens (including phenoxy) is 1. The van der Waals surface area contributed by atoms with Gasteiger partial charge in [-0.2, -0.15) is 0 Å². The molecule has 0 aliphatic carbocycles. The Morgan fingerprint density at radius 2 is 1.65 bits per heavy atom. The average Bonchev–Trinajstić information content (AvgIpc) is 2.39. The van der Waals surface area contributed by atoms with Gasteiger partial charge in [-0.15, -0.1) is 0 Å². The third-order valence-corrected chi connectivity index (χ3v) is 3.74. The second-order valence-electron chi connectivity index (χ2n) is 4.03. The van der Waals surface area contributed by atoms with Crippen LogP contribution in [0.15, 0.2) is 45.3 Å². The number of aromatic carboxylic acids is 1. The van der Waals surface area contributed by atoms with Gasteiger partial charge in [0.15, 0.2) is 0 Å². The molecule has 2 rings (SSSR count). The SMILES string of the molecule is O=C(O)c1cc(Br)c(OCc2ccc(O)cc2)c(Br)c1. The number of phenols is 1. The Morgan fingerprint density at radius 3 is 2.15 bits per heavy atom. The summed E-state index contributed by atoms with van der Waals surface area (Å²) in [5.74, 6) is -0.276. The van der Waals surface area contributed by atoms with Gasteiger partial charge >= 0.3 is 5.97 Å². The highest BCUT2D eigenvalue weighted by Gasteiger charge is 2.12. The second kappa shape index (κ2) is 6.28. The highest BCUT2D eigenvalue weighted by Crippen LogP contribution is 2.35. The molecule has 0 saturated carbocycles. The molecule has 2 aromatic rings. The predicted octanol–water partition coefficient (Wildman–Crippen LogP) is 4.19. The number of hydrogen-bond acceptors (Lipinski definition) is 3. The van der Waals surface area contributed by atoms with E-state index in [1.54, 1.807) is 24.3 Å². The molecule has 0 aliphatic rings. The minimum atomic E-state index is -1.00. The van der Waals surface area contributed by atoms with Gasteiger partial charge in [0.1, 0.15) is 18.1 Å². The zero-order valence-corrected chi connectivity index (χ0v) is 13.3. The first-order valence-corrected chi connectivity index (χ1v) is 7.19. The van der Waals surface area contributed by atoms with Crippen LogP contribution in [0.25, 0.3) is 0 Å². The number of carboxylic acids is 1. The fourth-order valence-corrected chi connectivity index (χ4v) is 2.98. The van der Waals surface area contributed by atoms with Crippen LogP contribution in [-0.2, 0) is 6.61 Å². The normalized spacial score (nSPS) is 10.3. The van der Waals surface area contributed by atoms with Crippen molar-refractivity contribution in [2.75, 3.05) is 0 Å². The van der Waals surface area contributed by atoms with Crippen LogP contribution in [0.1, 0.15) is 15.9 Å². The van der Waals surface area contributed by atoms with Gasteiger partial charge in [-0.1, -0.05) is 12.1 Å². The van der Waals surface area contributed by atoms with Gasteiger partial charge < -0.3 is 14.9 Å². The number of rotatable bonds is 4. The second-order valence-corrected chi connectivity index (χ2v) is 5.74. The molecule has 0 saturated heterocycles. The molecule has 0 atom stereocenters. The lowest BCUT2D eigenvalue weighted by Gasteiger charge is -2.11. The largest absolute Gasteiger partial charge is 0.508 e. The van der Waals surface area contributed by atoms with Crippen molar-refractivity contribution < 1.29 is 19.7 Å². The van der Waals surface area contributed by atoms with Crippen molar-refractivity contribution in [3.63, 3.8) is 0 Å². The van der Waals surface area contributed by atoms with E-state index in [0.29, 0.717) is 21.3 Å². The van der Waals surface area contributed by atoms with Crippen LogP contribution in [0, 0.1) is 0 Å². The summed E-state index contributed by atoms with van der Waals surface area (Å²) in [5.41, 5.74) is 1.06. The number of phenolic OH excluding ortho intramolecular Hbond substituents is 1. The van der Waals surface area contributed by atoms with Crippen molar-refractivity contribution in [2.45, 2.75) is 6.61 Å². The van der Waals surface area contributed by atoms with Crippen LogP contribution in [0.3, 0.4) is 0 Å². The zero-order valence-electron chi connectivity index (χ0n) is 10.1. The summed E-state index contributed by atoms with van der Waals surface area (Å²) in [6.45, 7) is 0.309. The summed E-state index contributed by atoms with van der Waals surface area (Å²) in [7, 11) is 0. The molecule has 2 aromatic carbocycles. The molecule has 0 radical (unpaired) electrons. The molecule has 0 amide bonds. The molecule has 0 unspecified atom stereocenters. The standard InChI is InChI=1S/C14H10Br2O4/c15-11-5-9(14(18)19)6-12(16)13(11)20-7-8-1-3-10(17)4-2-8/h1-6,17H,7H2,(H,18,19). The number of carboxylic acid groups (broad SMARTS) is 1. The van der Waals surface area contributed by atoms with Crippen molar-refractivity contribution in [3.05, 3.63) is 56.5 Å². The molecule has 0 heterocycles. The third-order valence-electron chi connectivity index (χ3n) is 2.56. The Morgan fingerprint density at radius 1 is 1.10 bits per heavy atom. The summed E-state index contributed by atoms with van der Waals surface area (Å²) >= 11 is 6.59. The van der Waals surface area contributed by atoms with Crippen LogP contribution in [0.5, 0.6) is 11.5 Å². The Labute approximate surface area is 132 Å². The van der Waals surface area contributed by atoms with Gasteiger partial charge in [-0.05, 0) is 61.7 Å². The first kappa shape index (κ1) is 14.9. The molecule has 0 fully saturated rings. The maximum Gasteiger partial charge on any atom is 0.335 e. The zero-order chi connectivity index (χ0) is 14.7. The Hall–Kier alpha value is -1.53. The van der Waals surface area contributed by atoms with E-state index in [-0.39, 0.29) is 11.3 Å². The quantitative estimate of drug-likeness (QED) is 0.805. The maximum atomic E-state index is 10.9. The molecular weight excluding hydrogens is 392 g/mol. The number of aromatic hydroxyl groups is 1. The van der Waals surface area contributed by atoms with E-state index in [0.717, 1.165) is 5.56 Å². The van der Waals surface area contributed by atoms with E-state index in [4.69, 9.17) is 9.84 Å². The Balaban J connectivity index is 2.17. The first-order valence-electron chi connectivity index (χ1n) is 5.60. The van der Waals surface area contributed by atoms with Crippen LogP contribution in [-0.4, -0.2) is 16.2 Å². The molecule has 4 nitrogen and oxygen atoms in total. The summed E-state index contributed by atoms with van der Waals surface area (Å²) in [6.07, 6.45) is 0. The van der Waals surface area contributed by atoms with Crippen LogP contribution in [0.4, 0.5) is 0 Å². The monoisotopic (exact) mass is 400 g/mol. The van der Waals surface area contributed by atoms with E-state index in [9.17, 15) is 9.90 Å². The average molecular weight is 402 g/mol. The number of benzene rings is 2. The van der Waals surface area contributed by atoms with E-state index in [1.165, 1.54) is 12.1 Å². The fourth-order valence-electron chi connectivity index (χ4n) is 1.57. The van der Waals surface area contributed by atoms with Gasteiger partial charge in [0, 0.05) is 0 Å². The van der Waals surface area contributed by atoms with Crippen molar-refractivity contribution in [1.29, 1.82) is 0 Å². The summed E-state index contributed by atoms with van der Waals surface area (Å²) in [5, 5.41) is 18.2. The van der Waals surface area contributed by atoms with Gasteiger partial charge in [0.05, 0.1) is 14.5 Å². The highest BCUT2D eigenvalue weighted by atomic mass is 79.9. The van der Waals surface area contributed by atoms with E-state index < -0.39 is 5.97 Å². The van der Waals surface area contributed by atoms with E-state index >= 15 is 0 Å². The third kappa shape index (κ3) is 3.52. The number of hydrogen-bond donors (Lipinski definition) is 2. The lowest BCUT2D eigenvalue weighted by atomic mass is 10.2. The molecule has 0 aliphatic heterocycles. The van der Waals surface area contributed by atoms with Crippen LogP contribution >= 0.6 is 31.9 Å². The van der Waals surface area contributed by atoms with Crippen LogP contribution < -0.4 is 4.74 Å². The summed E-state index contributed by atoms with van der Waals surface area (Å²) in [6, 6.07) is 9.64. The lowest BCUT2D eigenvalue weighted by Crippen LogP contribution is -2.00. The Bertz CT molecular complexity index is 615. The minimum Gasteiger partial charge on any atom is -0.508 e. The number of carbonyl (C=O) groups is 1. The van der Waals surface area contributed by atoms with Gasteiger partial charge in [0.2, 0.25) is 0 Å². The van der Waals surface area contributed by atoms with E-state index in [1.807, 2.05) is 0 Å². The molecule has 0 aromatic heterocycles. The van der Waals surface area contributed by atoms with Gasteiger partial charge in [-0.3, -0.25) is 0 Å². The lowest BCUT2D eigenvalue weighted by molar-refractivity contribution is 0.0696. The van der Waals surface area contributed by atoms with Crippen molar-refractivity contribution >= 4 is 37.8 Å². The minimum absolute atomic E-state index is 0.167. The first-order chi connectivity index (χ1) is 9.47. The number of halogens is 2. The summed E-state index contributed by atoms with van der Waals surface area (Å²) in [4.78, 5) is 10.9. The maximum absolute atomic E-state index is 10.9. The molecule has 104 valence electrons. The topological polar surface area (TPSA) is 66.8 Å². The highest BCUT2D eigenvalue weighted by molar-refractivity contribution is 9.11. The van der Waals surface area contributed by atoms with E-state index in [2.05, 4.69) is 31.9 Å². The molecule has 20 heavy (non-hydrogen) atoms. The summed E-state index contributed by atoms with van der Waals surface area (Å²) < 4.78 is 6.78. The van der Waals surface area contributed by atoms with Gasteiger partial charge in [-0.25, -0.2) is 4.79 Å². The predicted molar refractivity (Wildman–Crippen MR) is 81.2 cm³/mol. The van der Waals surface area contributed by atoms with Crippen LogP contribution in [0.2, 0.25) is 0 Å². The molecule has 0 bridgehead atoms. The Kier molecular flexibility index (Phi) is 4.67. The fraction of sp³-hybridized carbons (Fsp3) is 0.0714. The van der Waals surface area contributed by atoms with Gasteiger partial charge in [0.25, 0.3) is 0 Å². The molecule has 6 heteroatoms. The molecule has 0 spiro atoms. The van der Waals surface area contributed by atoms with Crippen molar-refractivity contribution in [1.82, 2.24) is 0 Å².